The summed E-state index contributed by atoms with van der Waals surface area (Å²) in [5, 5.41) is 6.09. The fourth-order valence-corrected chi connectivity index (χ4v) is 2.16. The number of rotatable bonds is 9. The summed E-state index contributed by atoms with van der Waals surface area (Å²) in [4.78, 5) is 11.7. The summed E-state index contributed by atoms with van der Waals surface area (Å²) in [6.45, 7) is 1.88. The Morgan fingerprint density at radius 3 is 2.82 bits per heavy atom. The number of carbonyl (C=O) groups excluding carboxylic acids is 1. The van der Waals surface area contributed by atoms with Crippen molar-refractivity contribution in [1.82, 2.24) is 10.6 Å². The standard InChI is InChI=1S/C17H22N2O3/c1-21-16-7-3-2-5-14(16)8-11-19-17(20)9-10-18-13-15-6-4-12-22-15/h2-7,12,18H,8-11,13H2,1H3,(H,19,20). The van der Waals surface area contributed by atoms with Crippen LogP contribution in [0.15, 0.2) is 47.1 Å². The number of methoxy groups -OCH3 is 1. The van der Waals surface area contributed by atoms with E-state index in [1.807, 2.05) is 36.4 Å². The molecule has 0 spiro atoms. The number of benzene rings is 1. The molecule has 0 aliphatic carbocycles. The smallest absolute Gasteiger partial charge is 0.221 e. The van der Waals surface area contributed by atoms with Gasteiger partial charge < -0.3 is 19.8 Å². The van der Waals surface area contributed by atoms with E-state index >= 15 is 0 Å². The second-order valence-electron chi connectivity index (χ2n) is 4.92. The van der Waals surface area contributed by atoms with E-state index < -0.39 is 0 Å². The third-order valence-corrected chi connectivity index (χ3v) is 3.32. The van der Waals surface area contributed by atoms with Crippen molar-refractivity contribution >= 4 is 5.91 Å². The van der Waals surface area contributed by atoms with E-state index in [-0.39, 0.29) is 5.91 Å². The molecule has 0 atom stereocenters. The zero-order valence-corrected chi connectivity index (χ0v) is 12.8. The molecule has 0 unspecified atom stereocenters. The first-order chi connectivity index (χ1) is 10.8. The molecular formula is C17H22N2O3. The lowest BCUT2D eigenvalue weighted by Gasteiger charge is -2.09. The molecule has 0 fully saturated rings. The molecule has 1 aromatic heterocycles. The van der Waals surface area contributed by atoms with Gasteiger partial charge in [-0.15, -0.1) is 0 Å². The summed E-state index contributed by atoms with van der Waals surface area (Å²) < 4.78 is 10.5. The van der Waals surface area contributed by atoms with Crippen molar-refractivity contribution in [2.75, 3.05) is 20.2 Å². The number of ether oxygens (including phenoxy) is 1. The minimum atomic E-state index is 0.0434. The van der Waals surface area contributed by atoms with Gasteiger partial charge in [0.25, 0.3) is 0 Å². The van der Waals surface area contributed by atoms with Crippen LogP contribution in [0, 0.1) is 0 Å². The molecule has 0 aliphatic heterocycles. The normalized spacial score (nSPS) is 10.4. The van der Waals surface area contributed by atoms with E-state index in [4.69, 9.17) is 9.15 Å². The maximum atomic E-state index is 11.7. The van der Waals surface area contributed by atoms with Gasteiger partial charge in [-0.25, -0.2) is 0 Å². The van der Waals surface area contributed by atoms with Gasteiger partial charge in [-0.3, -0.25) is 4.79 Å². The predicted molar refractivity (Wildman–Crippen MR) is 84.7 cm³/mol. The maximum Gasteiger partial charge on any atom is 0.221 e. The first kappa shape index (κ1) is 16.1. The Hall–Kier alpha value is -2.27. The number of carbonyl (C=O) groups is 1. The lowest BCUT2D eigenvalue weighted by molar-refractivity contribution is -0.120. The van der Waals surface area contributed by atoms with Crippen LogP contribution in [0.25, 0.3) is 0 Å². The first-order valence-electron chi connectivity index (χ1n) is 7.41. The molecule has 1 heterocycles. The van der Waals surface area contributed by atoms with E-state index in [0.717, 1.165) is 23.5 Å². The molecule has 118 valence electrons. The van der Waals surface area contributed by atoms with Crippen molar-refractivity contribution in [3.8, 4) is 5.75 Å². The molecule has 22 heavy (non-hydrogen) atoms. The monoisotopic (exact) mass is 302 g/mol. The van der Waals surface area contributed by atoms with Crippen LogP contribution in [0.5, 0.6) is 5.75 Å². The summed E-state index contributed by atoms with van der Waals surface area (Å²) in [6.07, 6.45) is 2.85. The van der Waals surface area contributed by atoms with Gasteiger partial charge in [0.2, 0.25) is 5.91 Å². The van der Waals surface area contributed by atoms with Crippen LogP contribution in [-0.2, 0) is 17.8 Å². The highest BCUT2D eigenvalue weighted by Gasteiger charge is 2.04. The molecule has 2 N–H and O–H groups in total. The van der Waals surface area contributed by atoms with Crippen LogP contribution in [0.2, 0.25) is 0 Å². The molecular weight excluding hydrogens is 280 g/mol. The predicted octanol–water partition coefficient (Wildman–Crippen LogP) is 2.13. The Bertz CT molecular complexity index is 567. The van der Waals surface area contributed by atoms with Crippen molar-refractivity contribution < 1.29 is 13.9 Å². The largest absolute Gasteiger partial charge is 0.496 e. The van der Waals surface area contributed by atoms with E-state index in [1.54, 1.807) is 13.4 Å². The average molecular weight is 302 g/mol. The lowest BCUT2D eigenvalue weighted by atomic mass is 10.1. The van der Waals surface area contributed by atoms with Gasteiger partial charge in [0.05, 0.1) is 19.9 Å². The summed E-state index contributed by atoms with van der Waals surface area (Å²) in [5.41, 5.74) is 1.10. The fraction of sp³-hybridized carbons (Fsp3) is 0.353. The Labute approximate surface area is 130 Å². The van der Waals surface area contributed by atoms with Crippen molar-refractivity contribution in [1.29, 1.82) is 0 Å². The molecule has 1 aromatic carbocycles. The molecule has 5 heteroatoms. The topological polar surface area (TPSA) is 63.5 Å². The molecule has 5 nitrogen and oxygen atoms in total. The molecule has 1 amide bonds. The molecule has 0 bridgehead atoms. The van der Waals surface area contributed by atoms with Gasteiger partial charge >= 0.3 is 0 Å². The summed E-state index contributed by atoms with van der Waals surface area (Å²) in [7, 11) is 1.65. The number of para-hydroxylation sites is 1. The summed E-state index contributed by atoms with van der Waals surface area (Å²) in [6, 6.07) is 11.6. The highest BCUT2D eigenvalue weighted by Crippen LogP contribution is 2.17. The van der Waals surface area contributed by atoms with Gasteiger partial charge in [0, 0.05) is 19.5 Å². The first-order valence-corrected chi connectivity index (χ1v) is 7.41. The second-order valence-corrected chi connectivity index (χ2v) is 4.92. The Morgan fingerprint density at radius 1 is 1.18 bits per heavy atom. The zero-order chi connectivity index (χ0) is 15.6. The second kappa shape index (κ2) is 8.89. The average Bonchev–Trinajstić information content (AvgIpc) is 3.05. The highest BCUT2D eigenvalue weighted by atomic mass is 16.5. The van der Waals surface area contributed by atoms with E-state index in [2.05, 4.69) is 10.6 Å². The van der Waals surface area contributed by atoms with Gasteiger partial charge in [0.15, 0.2) is 0 Å². The zero-order valence-electron chi connectivity index (χ0n) is 12.8. The Morgan fingerprint density at radius 2 is 2.05 bits per heavy atom. The molecule has 0 aliphatic rings. The van der Waals surface area contributed by atoms with Crippen molar-refractivity contribution in [2.45, 2.75) is 19.4 Å². The number of nitrogens with one attached hydrogen (secondary N) is 2. The Balaban J connectivity index is 1.59. The van der Waals surface area contributed by atoms with Crippen LogP contribution in [-0.4, -0.2) is 26.1 Å². The molecule has 0 saturated carbocycles. The Kier molecular flexibility index (Phi) is 6.51. The van der Waals surface area contributed by atoms with Crippen molar-refractivity contribution in [3.05, 3.63) is 54.0 Å². The van der Waals surface area contributed by atoms with Crippen LogP contribution < -0.4 is 15.4 Å². The quantitative estimate of drug-likeness (QED) is 0.697. The minimum Gasteiger partial charge on any atom is -0.496 e. The van der Waals surface area contributed by atoms with E-state index in [9.17, 15) is 4.79 Å². The molecule has 0 saturated heterocycles. The molecule has 2 aromatic rings. The third kappa shape index (κ3) is 5.26. The number of amides is 1. The summed E-state index contributed by atoms with van der Waals surface area (Å²) >= 11 is 0. The lowest BCUT2D eigenvalue weighted by Crippen LogP contribution is -2.29. The van der Waals surface area contributed by atoms with Crippen molar-refractivity contribution in [3.63, 3.8) is 0 Å². The minimum absolute atomic E-state index is 0.0434. The SMILES string of the molecule is COc1ccccc1CCNC(=O)CCNCc1ccco1. The fourth-order valence-electron chi connectivity index (χ4n) is 2.16. The van der Waals surface area contributed by atoms with Crippen LogP contribution in [0.3, 0.4) is 0 Å². The number of hydrogen-bond donors (Lipinski definition) is 2. The number of furan rings is 1. The van der Waals surface area contributed by atoms with E-state index in [0.29, 0.717) is 26.1 Å². The van der Waals surface area contributed by atoms with E-state index in [1.165, 1.54) is 0 Å². The van der Waals surface area contributed by atoms with Crippen LogP contribution >= 0.6 is 0 Å². The summed E-state index contributed by atoms with van der Waals surface area (Å²) in [5.74, 6) is 1.77. The van der Waals surface area contributed by atoms with Crippen LogP contribution in [0.1, 0.15) is 17.7 Å². The highest BCUT2D eigenvalue weighted by molar-refractivity contribution is 5.76. The van der Waals surface area contributed by atoms with Crippen LogP contribution in [0.4, 0.5) is 0 Å². The van der Waals surface area contributed by atoms with Crippen molar-refractivity contribution in [2.24, 2.45) is 0 Å². The van der Waals surface area contributed by atoms with Gasteiger partial charge in [-0.05, 0) is 30.2 Å². The number of hydrogen-bond acceptors (Lipinski definition) is 4. The van der Waals surface area contributed by atoms with Gasteiger partial charge in [-0.1, -0.05) is 18.2 Å². The molecule has 0 radical (unpaired) electrons. The molecule has 2 rings (SSSR count). The third-order valence-electron chi connectivity index (χ3n) is 3.32. The van der Waals surface area contributed by atoms with Gasteiger partial charge in [-0.2, -0.15) is 0 Å². The van der Waals surface area contributed by atoms with Gasteiger partial charge in [0.1, 0.15) is 11.5 Å². The maximum absolute atomic E-state index is 11.7.